The molecule has 4 fully saturated rings. The van der Waals surface area contributed by atoms with E-state index in [1.165, 1.54) is 24.8 Å². The summed E-state index contributed by atoms with van der Waals surface area (Å²) in [6.07, 6.45) is 8.82. The molecule has 2 saturated carbocycles. The highest BCUT2D eigenvalue weighted by Crippen LogP contribution is 2.50. The average molecular weight is 453 g/mol. The molecular weight excluding hydrogens is 412 g/mol. The number of benzene rings is 1. The highest BCUT2D eigenvalue weighted by molar-refractivity contribution is 5.94. The Morgan fingerprint density at radius 1 is 0.970 bits per heavy atom. The van der Waals surface area contributed by atoms with E-state index in [0.717, 1.165) is 64.2 Å². The van der Waals surface area contributed by atoms with Gasteiger partial charge >= 0.3 is 0 Å². The molecule has 6 heteroatoms. The van der Waals surface area contributed by atoms with Crippen LogP contribution in [0, 0.1) is 17.3 Å². The average Bonchev–Trinajstić information content (AvgIpc) is 3.66. The van der Waals surface area contributed by atoms with Crippen molar-refractivity contribution in [3.05, 3.63) is 35.4 Å². The Morgan fingerprint density at radius 2 is 1.76 bits per heavy atom. The number of fused-ring (bicyclic) bond motifs is 1. The second-order valence-corrected chi connectivity index (χ2v) is 10.9. The van der Waals surface area contributed by atoms with Crippen molar-refractivity contribution < 1.29 is 9.59 Å². The lowest BCUT2D eigenvalue weighted by Gasteiger charge is -2.50. The zero-order chi connectivity index (χ0) is 22.8. The van der Waals surface area contributed by atoms with Gasteiger partial charge in [-0.1, -0.05) is 25.5 Å². The monoisotopic (exact) mass is 452 g/mol. The third kappa shape index (κ3) is 4.97. The van der Waals surface area contributed by atoms with Crippen LogP contribution >= 0.6 is 0 Å². The van der Waals surface area contributed by atoms with E-state index >= 15 is 0 Å². The molecule has 0 spiro atoms. The molecule has 2 amide bonds. The summed E-state index contributed by atoms with van der Waals surface area (Å²) in [6, 6.07) is 8.52. The molecule has 0 bridgehead atoms. The Hall–Kier alpha value is -1.92. The fourth-order valence-electron chi connectivity index (χ4n) is 6.72. The van der Waals surface area contributed by atoms with Crippen LogP contribution in [0.5, 0.6) is 0 Å². The predicted molar refractivity (Wildman–Crippen MR) is 130 cm³/mol. The quantitative estimate of drug-likeness (QED) is 0.535. The van der Waals surface area contributed by atoms with Gasteiger partial charge < -0.3 is 21.3 Å². The van der Waals surface area contributed by atoms with Crippen molar-refractivity contribution >= 4 is 11.8 Å². The summed E-state index contributed by atoms with van der Waals surface area (Å²) in [5.74, 6) is 1.39. The summed E-state index contributed by atoms with van der Waals surface area (Å²) in [7, 11) is 0. The molecule has 5 unspecified atom stereocenters. The first-order chi connectivity index (χ1) is 16.1. The fraction of sp³-hybridized carbons (Fsp3) is 0.704. The summed E-state index contributed by atoms with van der Waals surface area (Å²) >= 11 is 0. The van der Waals surface area contributed by atoms with Crippen LogP contribution in [0.4, 0.5) is 0 Å². The Labute approximate surface area is 198 Å². The van der Waals surface area contributed by atoms with E-state index in [1.54, 1.807) is 0 Å². The molecular formula is C27H40N4O2. The van der Waals surface area contributed by atoms with Gasteiger partial charge in [0.1, 0.15) is 0 Å². The SMILES string of the molecule is CCC12CCNCC1CCC(NC(=O)C1CC1c1ccc(C(=O)NC3CCNCC3)cc1)C2. The Balaban J connectivity index is 1.12. The molecule has 4 N–H and O–H groups in total. The summed E-state index contributed by atoms with van der Waals surface area (Å²) < 4.78 is 0. The van der Waals surface area contributed by atoms with Crippen LogP contribution in [0.1, 0.15) is 80.1 Å². The lowest BCUT2D eigenvalue weighted by Crippen LogP contribution is -2.52. The maximum Gasteiger partial charge on any atom is 0.251 e. The highest BCUT2D eigenvalue weighted by Gasteiger charge is 2.47. The lowest BCUT2D eigenvalue weighted by molar-refractivity contribution is -0.124. The van der Waals surface area contributed by atoms with Crippen LogP contribution in [-0.4, -0.2) is 50.1 Å². The van der Waals surface area contributed by atoms with Crippen LogP contribution in [0.15, 0.2) is 24.3 Å². The number of piperidine rings is 2. The van der Waals surface area contributed by atoms with Gasteiger partial charge in [-0.3, -0.25) is 9.59 Å². The summed E-state index contributed by atoms with van der Waals surface area (Å²) in [5.41, 5.74) is 2.30. The minimum absolute atomic E-state index is 0.0110. The van der Waals surface area contributed by atoms with E-state index in [-0.39, 0.29) is 23.8 Å². The summed E-state index contributed by atoms with van der Waals surface area (Å²) in [4.78, 5) is 25.6. The van der Waals surface area contributed by atoms with Gasteiger partial charge in [-0.25, -0.2) is 0 Å². The van der Waals surface area contributed by atoms with Crippen molar-refractivity contribution in [3.8, 4) is 0 Å². The van der Waals surface area contributed by atoms with Gasteiger partial charge in [0.05, 0.1) is 0 Å². The van der Waals surface area contributed by atoms with E-state index in [9.17, 15) is 9.59 Å². The van der Waals surface area contributed by atoms with Crippen molar-refractivity contribution in [1.82, 2.24) is 21.3 Å². The zero-order valence-corrected chi connectivity index (χ0v) is 20.0. The van der Waals surface area contributed by atoms with Gasteiger partial charge in [-0.05, 0) is 106 Å². The Bertz CT molecular complexity index is 850. The van der Waals surface area contributed by atoms with Crippen LogP contribution in [0.25, 0.3) is 0 Å². The Morgan fingerprint density at radius 3 is 2.52 bits per heavy atom. The molecule has 0 radical (unpaired) electrons. The lowest BCUT2D eigenvalue weighted by atomic mass is 9.60. The molecule has 2 aliphatic heterocycles. The van der Waals surface area contributed by atoms with Gasteiger partial charge in [0.25, 0.3) is 5.91 Å². The smallest absolute Gasteiger partial charge is 0.251 e. The van der Waals surface area contributed by atoms with E-state index in [0.29, 0.717) is 22.9 Å². The number of hydrogen-bond acceptors (Lipinski definition) is 4. The zero-order valence-electron chi connectivity index (χ0n) is 20.0. The standard InChI is InChI=1S/C27H40N4O2/c1-2-27-11-14-29-17-20(27)7-8-22(16-27)31-26(33)24-15-23(24)18-3-5-19(6-4-18)25(32)30-21-9-12-28-13-10-21/h3-6,20-24,28-29H,2,7-17H2,1H3,(H,30,32)(H,31,33). The van der Waals surface area contributed by atoms with Crippen LogP contribution in [0.3, 0.4) is 0 Å². The third-order valence-electron chi connectivity index (χ3n) is 9.03. The maximum absolute atomic E-state index is 13.0. The van der Waals surface area contributed by atoms with Crippen molar-refractivity contribution in [2.24, 2.45) is 17.3 Å². The van der Waals surface area contributed by atoms with Crippen LogP contribution in [0.2, 0.25) is 0 Å². The van der Waals surface area contributed by atoms with E-state index in [4.69, 9.17) is 0 Å². The molecule has 4 aliphatic rings. The number of nitrogens with one attached hydrogen (secondary N) is 4. The molecule has 2 saturated heterocycles. The Kier molecular flexibility index (Phi) is 6.75. The molecule has 2 heterocycles. The summed E-state index contributed by atoms with van der Waals surface area (Å²) in [6.45, 7) is 6.52. The molecule has 1 aromatic rings. The number of amides is 2. The molecule has 5 atom stereocenters. The normalized spacial score (nSPS) is 34.2. The largest absolute Gasteiger partial charge is 0.353 e. The molecule has 180 valence electrons. The molecule has 2 aliphatic carbocycles. The van der Waals surface area contributed by atoms with E-state index in [1.807, 2.05) is 24.3 Å². The van der Waals surface area contributed by atoms with Gasteiger partial charge in [0.15, 0.2) is 0 Å². The first-order valence-corrected chi connectivity index (χ1v) is 13.2. The minimum atomic E-state index is 0.0110. The third-order valence-corrected chi connectivity index (χ3v) is 9.03. The summed E-state index contributed by atoms with van der Waals surface area (Å²) in [5, 5.41) is 13.5. The topological polar surface area (TPSA) is 82.3 Å². The molecule has 5 rings (SSSR count). The molecule has 0 aromatic heterocycles. The highest BCUT2D eigenvalue weighted by atomic mass is 16.2. The number of rotatable bonds is 6. The van der Waals surface area contributed by atoms with Gasteiger partial charge in [0, 0.05) is 23.6 Å². The molecule has 1 aromatic carbocycles. The maximum atomic E-state index is 13.0. The number of carbonyl (C=O) groups is 2. The number of hydrogen-bond donors (Lipinski definition) is 4. The van der Waals surface area contributed by atoms with Crippen molar-refractivity contribution in [2.75, 3.05) is 26.2 Å². The number of carbonyl (C=O) groups excluding carboxylic acids is 2. The van der Waals surface area contributed by atoms with Gasteiger partial charge in [-0.2, -0.15) is 0 Å². The predicted octanol–water partition coefficient (Wildman–Crippen LogP) is 2.95. The van der Waals surface area contributed by atoms with Crippen molar-refractivity contribution in [2.45, 2.75) is 76.3 Å². The van der Waals surface area contributed by atoms with E-state index < -0.39 is 0 Å². The minimum Gasteiger partial charge on any atom is -0.353 e. The first-order valence-electron chi connectivity index (χ1n) is 13.2. The van der Waals surface area contributed by atoms with Crippen LogP contribution in [-0.2, 0) is 4.79 Å². The second kappa shape index (κ2) is 9.75. The second-order valence-electron chi connectivity index (χ2n) is 10.9. The first kappa shape index (κ1) is 22.9. The van der Waals surface area contributed by atoms with Crippen molar-refractivity contribution in [3.63, 3.8) is 0 Å². The molecule has 33 heavy (non-hydrogen) atoms. The van der Waals surface area contributed by atoms with Gasteiger partial charge in [-0.15, -0.1) is 0 Å². The molecule has 6 nitrogen and oxygen atoms in total. The fourth-order valence-corrected chi connectivity index (χ4v) is 6.72. The van der Waals surface area contributed by atoms with Crippen LogP contribution < -0.4 is 21.3 Å². The van der Waals surface area contributed by atoms with Crippen molar-refractivity contribution in [1.29, 1.82) is 0 Å². The van der Waals surface area contributed by atoms with E-state index in [2.05, 4.69) is 28.2 Å². The van der Waals surface area contributed by atoms with Gasteiger partial charge in [0.2, 0.25) is 5.91 Å².